The molecule has 2 nitrogen and oxygen atoms in total. The SMILES string of the molecule is CC1(C(=O)Cc2ccccc2Br)CCCO1. The summed E-state index contributed by atoms with van der Waals surface area (Å²) in [5.74, 6) is 0.178. The van der Waals surface area contributed by atoms with Gasteiger partial charge in [-0.15, -0.1) is 0 Å². The number of carbonyl (C=O) groups excluding carboxylic acids is 1. The average molecular weight is 283 g/mol. The van der Waals surface area contributed by atoms with E-state index in [2.05, 4.69) is 15.9 Å². The maximum Gasteiger partial charge on any atom is 0.168 e. The first-order valence-corrected chi connectivity index (χ1v) is 6.32. The van der Waals surface area contributed by atoms with Crippen molar-refractivity contribution in [3.05, 3.63) is 34.3 Å². The third kappa shape index (κ3) is 2.36. The molecule has 1 saturated heterocycles. The van der Waals surface area contributed by atoms with E-state index in [1.807, 2.05) is 31.2 Å². The minimum absolute atomic E-state index is 0.178. The predicted molar refractivity (Wildman–Crippen MR) is 66.4 cm³/mol. The monoisotopic (exact) mass is 282 g/mol. The Labute approximate surface area is 104 Å². The lowest BCUT2D eigenvalue weighted by atomic mass is 9.92. The van der Waals surface area contributed by atoms with Crippen LogP contribution in [0.1, 0.15) is 25.3 Å². The van der Waals surface area contributed by atoms with Crippen molar-refractivity contribution in [3.63, 3.8) is 0 Å². The number of ketones is 1. The first-order chi connectivity index (χ1) is 7.62. The number of hydrogen-bond acceptors (Lipinski definition) is 2. The van der Waals surface area contributed by atoms with Crippen molar-refractivity contribution in [2.24, 2.45) is 0 Å². The molecule has 1 fully saturated rings. The molecule has 1 unspecified atom stereocenters. The van der Waals surface area contributed by atoms with E-state index < -0.39 is 5.60 Å². The van der Waals surface area contributed by atoms with Crippen LogP contribution in [-0.4, -0.2) is 18.0 Å². The van der Waals surface area contributed by atoms with Crippen molar-refractivity contribution in [1.29, 1.82) is 0 Å². The summed E-state index contributed by atoms with van der Waals surface area (Å²) < 4.78 is 6.54. The number of Topliss-reactive ketones (excluding diaryl/α,β-unsaturated/α-hetero) is 1. The normalized spacial score (nSPS) is 24.6. The molecule has 0 radical (unpaired) electrons. The lowest BCUT2D eigenvalue weighted by Gasteiger charge is -2.21. The number of benzene rings is 1. The van der Waals surface area contributed by atoms with Gasteiger partial charge in [0.15, 0.2) is 5.78 Å². The zero-order valence-electron chi connectivity index (χ0n) is 9.33. The summed E-state index contributed by atoms with van der Waals surface area (Å²) >= 11 is 3.46. The second-order valence-corrected chi connectivity index (χ2v) is 5.23. The second kappa shape index (κ2) is 4.68. The molecule has 16 heavy (non-hydrogen) atoms. The molecule has 0 N–H and O–H groups in total. The Bertz CT molecular complexity index is 395. The molecule has 1 aromatic carbocycles. The Morgan fingerprint density at radius 3 is 2.88 bits per heavy atom. The molecule has 2 rings (SSSR count). The highest BCUT2D eigenvalue weighted by Crippen LogP contribution is 2.28. The fourth-order valence-electron chi connectivity index (χ4n) is 2.00. The predicted octanol–water partition coefficient (Wildman–Crippen LogP) is 3.13. The summed E-state index contributed by atoms with van der Waals surface area (Å²) in [6.07, 6.45) is 2.27. The minimum atomic E-state index is -0.560. The molecule has 0 saturated carbocycles. The molecule has 0 aromatic heterocycles. The number of halogens is 1. The van der Waals surface area contributed by atoms with Gasteiger partial charge in [-0.25, -0.2) is 0 Å². The fourth-order valence-corrected chi connectivity index (χ4v) is 2.43. The van der Waals surface area contributed by atoms with E-state index in [0.717, 1.165) is 22.9 Å². The highest BCUT2D eigenvalue weighted by atomic mass is 79.9. The van der Waals surface area contributed by atoms with Crippen molar-refractivity contribution in [2.75, 3.05) is 6.61 Å². The van der Waals surface area contributed by atoms with Crippen LogP contribution in [0.3, 0.4) is 0 Å². The van der Waals surface area contributed by atoms with Gasteiger partial charge in [-0.2, -0.15) is 0 Å². The van der Waals surface area contributed by atoms with Gasteiger partial charge in [0.1, 0.15) is 5.60 Å². The van der Waals surface area contributed by atoms with Gasteiger partial charge in [0.05, 0.1) is 0 Å². The standard InChI is InChI=1S/C13H15BrO2/c1-13(7-4-8-16-13)12(15)9-10-5-2-3-6-11(10)14/h2-3,5-6H,4,7-9H2,1H3. The summed E-state index contributed by atoms with van der Waals surface area (Å²) in [5, 5.41) is 0. The molecule has 1 aliphatic heterocycles. The topological polar surface area (TPSA) is 26.3 Å². The molecule has 1 heterocycles. The summed E-state index contributed by atoms with van der Waals surface area (Å²) in [4.78, 5) is 12.1. The molecule has 86 valence electrons. The van der Waals surface area contributed by atoms with Gasteiger partial charge in [0.2, 0.25) is 0 Å². The summed E-state index contributed by atoms with van der Waals surface area (Å²) in [6.45, 7) is 2.61. The Balaban J connectivity index is 2.10. The molecule has 1 atom stereocenters. The third-order valence-corrected chi connectivity index (χ3v) is 3.89. The fraction of sp³-hybridized carbons (Fsp3) is 0.462. The number of ether oxygens (including phenoxy) is 1. The molecule has 1 aromatic rings. The zero-order valence-corrected chi connectivity index (χ0v) is 10.9. The molecule has 3 heteroatoms. The maximum atomic E-state index is 12.1. The smallest absolute Gasteiger partial charge is 0.168 e. The summed E-state index contributed by atoms with van der Waals surface area (Å²) in [5.41, 5.74) is 0.471. The van der Waals surface area contributed by atoms with Gasteiger partial charge in [-0.1, -0.05) is 34.1 Å². The Kier molecular flexibility index (Phi) is 3.45. The molecule has 1 aliphatic rings. The van der Waals surface area contributed by atoms with Crippen LogP contribution in [-0.2, 0) is 16.0 Å². The van der Waals surface area contributed by atoms with E-state index in [1.165, 1.54) is 0 Å². The minimum Gasteiger partial charge on any atom is -0.367 e. The molecule has 0 spiro atoms. The highest BCUT2D eigenvalue weighted by Gasteiger charge is 2.37. The number of hydrogen-bond donors (Lipinski definition) is 0. The van der Waals surface area contributed by atoms with Crippen LogP contribution < -0.4 is 0 Å². The molecule has 0 aliphatic carbocycles. The first kappa shape index (κ1) is 11.8. The zero-order chi connectivity index (χ0) is 11.6. The van der Waals surface area contributed by atoms with Crippen LogP contribution in [0.5, 0.6) is 0 Å². The van der Waals surface area contributed by atoms with Gasteiger partial charge in [-0.05, 0) is 31.4 Å². The Morgan fingerprint density at radius 1 is 1.50 bits per heavy atom. The van der Waals surface area contributed by atoms with E-state index >= 15 is 0 Å². The van der Waals surface area contributed by atoms with Crippen molar-refractivity contribution in [1.82, 2.24) is 0 Å². The van der Waals surface area contributed by atoms with Crippen LogP contribution >= 0.6 is 15.9 Å². The van der Waals surface area contributed by atoms with E-state index in [-0.39, 0.29) is 5.78 Å². The lowest BCUT2D eigenvalue weighted by Crippen LogP contribution is -2.35. The van der Waals surface area contributed by atoms with E-state index in [4.69, 9.17) is 4.74 Å². The maximum absolute atomic E-state index is 12.1. The second-order valence-electron chi connectivity index (χ2n) is 4.37. The molecular formula is C13H15BrO2. The Hall–Kier alpha value is -0.670. The Morgan fingerprint density at radius 2 is 2.25 bits per heavy atom. The van der Waals surface area contributed by atoms with Crippen LogP contribution in [0.15, 0.2) is 28.7 Å². The van der Waals surface area contributed by atoms with Crippen LogP contribution in [0, 0.1) is 0 Å². The van der Waals surface area contributed by atoms with E-state index in [0.29, 0.717) is 13.0 Å². The number of rotatable bonds is 3. The lowest BCUT2D eigenvalue weighted by molar-refractivity contribution is -0.136. The largest absolute Gasteiger partial charge is 0.367 e. The number of carbonyl (C=O) groups is 1. The van der Waals surface area contributed by atoms with Gasteiger partial charge in [0, 0.05) is 17.5 Å². The van der Waals surface area contributed by atoms with Crippen LogP contribution in [0.2, 0.25) is 0 Å². The highest BCUT2D eigenvalue weighted by molar-refractivity contribution is 9.10. The van der Waals surface area contributed by atoms with Crippen molar-refractivity contribution in [3.8, 4) is 0 Å². The summed E-state index contributed by atoms with van der Waals surface area (Å²) in [7, 11) is 0. The quantitative estimate of drug-likeness (QED) is 0.852. The molecular weight excluding hydrogens is 268 g/mol. The van der Waals surface area contributed by atoms with E-state index in [1.54, 1.807) is 0 Å². The average Bonchev–Trinajstić information content (AvgIpc) is 2.70. The third-order valence-electron chi connectivity index (χ3n) is 3.12. The molecule has 0 amide bonds. The van der Waals surface area contributed by atoms with Gasteiger partial charge < -0.3 is 4.74 Å². The molecule has 0 bridgehead atoms. The van der Waals surface area contributed by atoms with Gasteiger partial charge >= 0.3 is 0 Å². The van der Waals surface area contributed by atoms with Gasteiger partial charge in [0.25, 0.3) is 0 Å². The van der Waals surface area contributed by atoms with Crippen molar-refractivity contribution in [2.45, 2.75) is 31.8 Å². The van der Waals surface area contributed by atoms with Crippen LogP contribution in [0.4, 0.5) is 0 Å². The first-order valence-electron chi connectivity index (χ1n) is 5.52. The van der Waals surface area contributed by atoms with Crippen molar-refractivity contribution >= 4 is 21.7 Å². The van der Waals surface area contributed by atoms with E-state index in [9.17, 15) is 4.79 Å². The summed E-state index contributed by atoms with van der Waals surface area (Å²) in [6, 6.07) is 7.83. The van der Waals surface area contributed by atoms with Crippen LogP contribution in [0.25, 0.3) is 0 Å². The van der Waals surface area contributed by atoms with Gasteiger partial charge in [-0.3, -0.25) is 4.79 Å². The van der Waals surface area contributed by atoms with Crippen molar-refractivity contribution < 1.29 is 9.53 Å².